The molecule has 1 rings (SSSR count). The molecule has 3 nitrogen and oxygen atoms in total. The first-order valence-electron chi connectivity index (χ1n) is 5.17. The average molecular weight is 316 g/mol. The molecule has 0 fully saturated rings. The first-order chi connectivity index (χ1) is 8.79. The van der Waals surface area contributed by atoms with E-state index >= 15 is 0 Å². The summed E-state index contributed by atoms with van der Waals surface area (Å²) in [5, 5.41) is 2.94. The van der Waals surface area contributed by atoms with Crippen molar-refractivity contribution in [1.82, 2.24) is 5.32 Å². The van der Waals surface area contributed by atoms with Gasteiger partial charge in [0.2, 0.25) is 0 Å². The molecular formula is C11H10Cl2F3NO2. The van der Waals surface area contributed by atoms with E-state index in [9.17, 15) is 18.0 Å². The second kappa shape index (κ2) is 6.98. The van der Waals surface area contributed by atoms with Gasteiger partial charge in [-0.05, 0) is 18.2 Å². The number of benzene rings is 1. The van der Waals surface area contributed by atoms with Gasteiger partial charge in [0, 0.05) is 11.6 Å². The van der Waals surface area contributed by atoms with Crippen molar-refractivity contribution in [3.8, 4) is 0 Å². The Morgan fingerprint density at radius 1 is 1.32 bits per heavy atom. The molecule has 0 aliphatic heterocycles. The summed E-state index contributed by atoms with van der Waals surface area (Å²) in [6, 6.07) is 4.32. The zero-order valence-electron chi connectivity index (χ0n) is 9.56. The molecule has 0 saturated carbocycles. The van der Waals surface area contributed by atoms with Crippen LogP contribution in [0.5, 0.6) is 0 Å². The van der Waals surface area contributed by atoms with Crippen molar-refractivity contribution in [1.29, 1.82) is 0 Å². The highest BCUT2D eigenvalue weighted by molar-refractivity contribution is 6.36. The zero-order chi connectivity index (χ0) is 14.5. The molecule has 0 spiro atoms. The standard InChI is InChI=1S/C11H10Cl2F3NO2/c12-7-1-2-8(9(13)5-7)10(18)17-3-4-19-6-11(14,15)16/h1-2,5H,3-4,6H2,(H,17,18). The van der Waals surface area contributed by atoms with Gasteiger partial charge >= 0.3 is 6.18 Å². The maximum Gasteiger partial charge on any atom is 0.411 e. The van der Waals surface area contributed by atoms with Gasteiger partial charge < -0.3 is 10.1 Å². The third kappa shape index (κ3) is 6.13. The van der Waals surface area contributed by atoms with Gasteiger partial charge in [0.05, 0.1) is 17.2 Å². The van der Waals surface area contributed by atoms with Crippen LogP contribution in [-0.4, -0.2) is 31.8 Å². The Morgan fingerprint density at radius 2 is 2.00 bits per heavy atom. The minimum atomic E-state index is -4.37. The van der Waals surface area contributed by atoms with Crippen molar-refractivity contribution in [2.75, 3.05) is 19.8 Å². The predicted molar refractivity (Wildman–Crippen MR) is 65.7 cm³/mol. The second-order valence-corrected chi connectivity index (χ2v) is 4.39. The van der Waals surface area contributed by atoms with Gasteiger partial charge in [0.25, 0.3) is 5.91 Å². The number of carbonyl (C=O) groups excluding carboxylic acids is 1. The van der Waals surface area contributed by atoms with E-state index < -0.39 is 18.7 Å². The second-order valence-electron chi connectivity index (χ2n) is 3.55. The largest absolute Gasteiger partial charge is 0.411 e. The molecule has 0 aliphatic rings. The lowest BCUT2D eigenvalue weighted by molar-refractivity contribution is -0.173. The average Bonchev–Trinajstić information content (AvgIpc) is 2.26. The molecule has 0 unspecified atom stereocenters. The number of nitrogens with one attached hydrogen (secondary N) is 1. The Balaban J connectivity index is 2.36. The van der Waals surface area contributed by atoms with Crippen LogP contribution in [0, 0.1) is 0 Å². The summed E-state index contributed by atoms with van der Waals surface area (Å²) in [5.74, 6) is -0.503. The summed E-state index contributed by atoms with van der Waals surface area (Å²) < 4.78 is 39.6. The van der Waals surface area contributed by atoms with Crippen LogP contribution in [0.2, 0.25) is 10.0 Å². The van der Waals surface area contributed by atoms with Gasteiger partial charge in [0.1, 0.15) is 6.61 Å². The van der Waals surface area contributed by atoms with Crippen molar-refractivity contribution in [3.05, 3.63) is 33.8 Å². The van der Waals surface area contributed by atoms with Crippen molar-refractivity contribution in [3.63, 3.8) is 0 Å². The summed E-state index contributed by atoms with van der Waals surface area (Å²) in [4.78, 5) is 11.6. The fourth-order valence-corrected chi connectivity index (χ4v) is 1.69. The van der Waals surface area contributed by atoms with Crippen molar-refractivity contribution < 1.29 is 22.7 Å². The van der Waals surface area contributed by atoms with E-state index in [1.807, 2.05) is 0 Å². The van der Waals surface area contributed by atoms with Gasteiger partial charge in [-0.2, -0.15) is 13.2 Å². The SMILES string of the molecule is O=C(NCCOCC(F)(F)F)c1ccc(Cl)cc1Cl. The highest BCUT2D eigenvalue weighted by atomic mass is 35.5. The Hall–Kier alpha value is -0.980. The molecule has 0 saturated heterocycles. The van der Waals surface area contributed by atoms with Gasteiger partial charge in [-0.15, -0.1) is 0 Å². The van der Waals surface area contributed by atoms with Crippen LogP contribution in [0.1, 0.15) is 10.4 Å². The summed E-state index contributed by atoms with van der Waals surface area (Å²) in [7, 11) is 0. The quantitative estimate of drug-likeness (QED) is 0.847. The van der Waals surface area contributed by atoms with Crippen LogP contribution in [0.3, 0.4) is 0 Å². The third-order valence-corrected chi connectivity index (χ3v) is 2.52. The highest BCUT2D eigenvalue weighted by Gasteiger charge is 2.27. The van der Waals surface area contributed by atoms with Gasteiger partial charge in [-0.3, -0.25) is 4.79 Å². The van der Waals surface area contributed by atoms with Crippen molar-refractivity contribution in [2.45, 2.75) is 6.18 Å². The van der Waals surface area contributed by atoms with Crippen molar-refractivity contribution >= 4 is 29.1 Å². The molecule has 0 atom stereocenters. The van der Waals surface area contributed by atoms with Gasteiger partial charge in [-0.25, -0.2) is 0 Å². The van der Waals surface area contributed by atoms with Gasteiger partial charge in [0.15, 0.2) is 0 Å². The number of halogens is 5. The molecule has 19 heavy (non-hydrogen) atoms. The smallest absolute Gasteiger partial charge is 0.370 e. The minimum Gasteiger partial charge on any atom is -0.370 e. The fourth-order valence-electron chi connectivity index (χ4n) is 1.19. The molecule has 1 N–H and O–H groups in total. The zero-order valence-corrected chi connectivity index (χ0v) is 11.1. The molecule has 0 aliphatic carbocycles. The summed E-state index contributed by atoms with van der Waals surface area (Å²) in [6.07, 6.45) is -4.37. The van der Waals surface area contributed by atoms with Crippen LogP contribution in [-0.2, 0) is 4.74 Å². The van der Waals surface area contributed by atoms with E-state index in [1.54, 1.807) is 0 Å². The fraction of sp³-hybridized carbons (Fsp3) is 0.364. The maximum absolute atomic E-state index is 11.8. The number of hydrogen-bond donors (Lipinski definition) is 1. The molecule has 1 amide bonds. The number of hydrogen-bond acceptors (Lipinski definition) is 2. The van der Waals surface area contributed by atoms with Crippen LogP contribution in [0.4, 0.5) is 13.2 Å². The van der Waals surface area contributed by atoms with Gasteiger partial charge in [-0.1, -0.05) is 23.2 Å². The molecule has 1 aromatic rings. The van der Waals surface area contributed by atoms with E-state index in [4.69, 9.17) is 23.2 Å². The molecule has 8 heteroatoms. The molecule has 0 aromatic heterocycles. The normalized spacial score (nSPS) is 11.4. The molecule has 0 radical (unpaired) electrons. The lowest BCUT2D eigenvalue weighted by atomic mass is 10.2. The topological polar surface area (TPSA) is 38.3 Å². The summed E-state index contributed by atoms with van der Waals surface area (Å²) in [6.45, 7) is -1.63. The Bertz CT molecular complexity index is 452. The highest BCUT2D eigenvalue weighted by Crippen LogP contribution is 2.20. The number of rotatable bonds is 5. The van der Waals surface area contributed by atoms with E-state index in [2.05, 4.69) is 10.1 Å². The van der Waals surface area contributed by atoms with Crippen LogP contribution in [0.15, 0.2) is 18.2 Å². The minimum absolute atomic E-state index is 0.0477. The number of ether oxygens (including phenoxy) is 1. The summed E-state index contributed by atoms with van der Waals surface area (Å²) in [5.41, 5.74) is 0.196. The number of amides is 1. The Labute approximate surface area is 117 Å². The lowest BCUT2D eigenvalue weighted by Crippen LogP contribution is -2.29. The number of carbonyl (C=O) groups is 1. The molecule has 1 aromatic carbocycles. The van der Waals surface area contributed by atoms with Crippen LogP contribution in [0.25, 0.3) is 0 Å². The molecule has 0 bridgehead atoms. The van der Waals surface area contributed by atoms with E-state index in [0.29, 0.717) is 5.02 Å². The molecule has 0 heterocycles. The third-order valence-electron chi connectivity index (χ3n) is 1.97. The predicted octanol–water partition coefficient (Wildman–Crippen LogP) is 3.30. The number of alkyl halides is 3. The molecular weight excluding hydrogens is 306 g/mol. The van der Waals surface area contributed by atoms with Crippen molar-refractivity contribution in [2.24, 2.45) is 0 Å². The van der Waals surface area contributed by atoms with Crippen LogP contribution < -0.4 is 5.32 Å². The van der Waals surface area contributed by atoms with E-state index in [0.717, 1.165) is 0 Å². The maximum atomic E-state index is 11.8. The van der Waals surface area contributed by atoms with E-state index in [1.165, 1.54) is 18.2 Å². The molecule has 106 valence electrons. The van der Waals surface area contributed by atoms with E-state index in [-0.39, 0.29) is 23.7 Å². The lowest BCUT2D eigenvalue weighted by Gasteiger charge is -2.09. The first kappa shape index (κ1) is 16.1. The Morgan fingerprint density at radius 3 is 2.58 bits per heavy atom. The Kier molecular flexibility index (Phi) is 5.90. The monoisotopic (exact) mass is 315 g/mol. The van der Waals surface area contributed by atoms with Crippen LogP contribution >= 0.6 is 23.2 Å². The summed E-state index contributed by atoms with van der Waals surface area (Å²) >= 11 is 11.5. The first-order valence-corrected chi connectivity index (χ1v) is 5.93.